The highest BCUT2D eigenvalue weighted by Crippen LogP contribution is 2.19. The average molecular weight is 338 g/mol. The first-order valence-corrected chi connectivity index (χ1v) is 7.88. The third-order valence-corrected chi connectivity index (χ3v) is 3.85. The van der Waals surface area contributed by atoms with Gasteiger partial charge in [0.1, 0.15) is 11.8 Å². The first kappa shape index (κ1) is 16.6. The summed E-state index contributed by atoms with van der Waals surface area (Å²) < 4.78 is 5.34. The number of aliphatic carboxylic acids is 1. The van der Waals surface area contributed by atoms with Crippen LogP contribution in [0.25, 0.3) is 10.9 Å². The zero-order valence-electron chi connectivity index (χ0n) is 13.4. The SMILES string of the molecule is O=C(COc1ccccc1)N[C@H](Cc1c[nH]c2ccccc12)C(=O)O. The second-order valence-electron chi connectivity index (χ2n) is 5.62. The lowest BCUT2D eigenvalue weighted by Gasteiger charge is -2.14. The van der Waals surface area contributed by atoms with E-state index in [-0.39, 0.29) is 13.0 Å². The molecule has 0 aliphatic heterocycles. The molecule has 0 spiro atoms. The number of H-pyrrole nitrogens is 1. The summed E-state index contributed by atoms with van der Waals surface area (Å²) in [5.74, 6) is -1.00. The van der Waals surface area contributed by atoms with Gasteiger partial charge in [-0.2, -0.15) is 0 Å². The van der Waals surface area contributed by atoms with Gasteiger partial charge in [0.15, 0.2) is 6.61 Å². The first-order valence-electron chi connectivity index (χ1n) is 7.88. The second-order valence-corrected chi connectivity index (χ2v) is 5.62. The van der Waals surface area contributed by atoms with Crippen molar-refractivity contribution in [3.63, 3.8) is 0 Å². The molecule has 1 atom stereocenters. The molecule has 128 valence electrons. The van der Waals surface area contributed by atoms with Crippen LogP contribution in [0.1, 0.15) is 5.56 Å². The van der Waals surface area contributed by atoms with E-state index in [1.54, 1.807) is 30.5 Å². The van der Waals surface area contributed by atoms with Crippen LogP contribution in [0.2, 0.25) is 0 Å². The fraction of sp³-hybridized carbons (Fsp3) is 0.158. The van der Waals surface area contributed by atoms with Gasteiger partial charge in [-0.1, -0.05) is 36.4 Å². The summed E-state index contributed by atoms with van der Waals surface area (Å²) in [5, 5.41) is 12.9. The quantitative estimate of drug-likeness (QED) is 0.617. The van der Waals surface area contributed by atoms with Gasteiger partial charge in [0.2, 0.25) is 0 Å². The number of carbonyl (C=O) groups excluding carboxylic acids is 1. The summed E-state index contributed by atoms with van der Waals surface area (Å²) in [6.45, 7) is -0.234. The van der Waals surface area contributed by atoms with Crippen molar-refractivity contribution in [2.75, 3.05) is 6.61 Å². The number of hydrogen-bond donors (Lipinski definition) is 3. The van der Waals surface area contributed by atoms with E-state index in [9.17, 15) is 14.7 Å². The van der Waals surface area contributed by atoms with E-state index in [1.165, 1.54) is 0 Å². The molecule has 25 heavy (non-hydrogen) atoms. The standard InChI is InChI=1S/C19H18N2O4/c22-18(12-25-14-6-2-1-3-7-14)21-17(19(23)24)10-13-11-20-16-9-5-4-8-15(13)16/h1-9,11,17,20H,10,12H2,(H,21,22)(H,23,24)/t17-/m1/s1. The average Bonchev–Trinajstić information content (AvgIpc) is 3.03. The predicted molar refractivity (Wildman–Crippen MR) is 93.5 cm³/mol. The lowest BCUT2D eigenvalue weighted by atomic mass is 10.1. The summed E-state index contributed by atoms with van der Waals surface area (Å²) >= 11 is 0. The Morgan fingerprint density at radius 1 is 1.08 bits per heavy atom. The maximum atomic E-state index is 12.0. The van der Waals surface area contributed by atoms with E-state index in [2.05, 4.69) is 10.3 Å². The molecule has 0 unspecified atom stereocenters. The molecule has 3 N–H and O–H groups in total. The maximum absolute atomic E-state index is 12.0. The van der Waals surface area contributed by atoms with E-state index in [0.717, 1.165) is 16.5 Å². The number of fused-ring (bicyclic) bond motifs is 1. The molecule has 1 amide bonds. The number of amides is 1. The van der Waals surface area contributed by atoms with Crippen LogP contribution in [-0.4, -0.2) is 34.6 Å². The number of hydrogen-bond acceptors (Lipinski definition) is 3. The highest BCUT2D eigenvalue weighted by atomic mass is 16.5. The van der Waals surface area contributed by atoms with Gasteiger partial charge in [0.05, 0.1) is 0 Å². The molecule has 6 nitrogen and oxygen atoms in total. The lowest BCUT2D eigenvalue weighted by molar-refractivity contribution is -0.142. The molecular weight excluding hydrogens is 320 g/mol. The van der Waals surface area contributed by atoms with Gasteiger partial charge >= 0.3 is 5.97 Å². The minimum Gasteiger partial charge on any atom is -0.484 e. The Hall–Kier alpha value is -3.28. The number of ether oxygens (including phenoxy) is 1. The number of aromatic nitrogens is 1. The number of carboxylic acid groups (broad SMARTS) is 1. The number of benzene rings is 2. The molecule has 0 saturated carbocycles. The van der Waals surface area contributed by atoms with E-state index < -0.39 is 17.9 Å². The van der Waals surface area contributed by atoms with Crippen LogP contribution in [0.3, 0.4) is 0 Å². The smallest absolute Gasteiger partial charge is 0.326 e. The van der Waals surface area contributed by atoms with Crippen LogP contribution < -0.4 is 10.1 Å². The molecule has 6 heteroatoms. The van der Waals surface area contributed by atoms with Gasteiger partial charge in [0, 0.05) is 23.5 Å². The Bertz CT molecular complexity index is 873. The van der Waals surface area contributed by atoms with Crippen LogP contribution >= 0.6 is 0 Å². The number of para-hydroxylation sites is 2. The third kappa shape index (κ3) is 4.17. The number of nitrogens with one attached hydrogen (secondary N) is 2. The van der Waals surface area contributed by atoms with Gasteiger partial charge in [-0.15, -0.1) is 0 Å². The molecule has 1 aromatic heterocycles. The number of carbonyl (C=O) groups is 2. The maximum Gasteiger partial charge on any atom is 0.326 e. The van der Waals surface area contributed by atoms with Crippen molar-refractivity contribution in [2.24, 2.45) is 0 Å². The Kier molecular flexibility index (Phi) is 4.99. The monoisotopic (exact) mass is 338 g/mol. The van der Waals surface area contributed by atoms with Crippen molar-refractivity contribution in [3.8, 4) is 5.75 Å². The predicted octanol–water partition coefficient (Wildman–Crippen LogP) is 2.36. The Morgan fingerprint density at radius 3 is 2.56 bits per heavy atom. The minimum absolute atomic E-state index is 0.191. The molecule has 0 aliphatic carbocycles. The molecule has 3 aromatic rings. The largest absolute Gasteiger partial charge is 0.484 e. The van der Waals surface area contributed by atoms with Crippen molar-refractivity contribution >= 4 is 22.8 Å². The molecule has 0 saturated heterocycles. The van der Waals surface area contributed by atoms with Crippen LogP contribution in [0.4, 0.5) is 0 Å². The summed E-state index contributed by atoms with van der Waals surface area (Å²) in [7, 11) is 0. The molecule has 1 heterocycles. The van der Waals surface area contributed by atoms with Gasteiger partial charge < -0.3 is 20.1 Å². The molecular formula is C19H18N2O4. The zero-order valence-corrected chi connectivity index (χ0v) is 13.4. The highest BCUT2D eigenvalue weighted by Gasteiger charge is 2.22. The Labute approximate surface area is 144 Å². The van der Waals surface area contributed by atoms with Gasteiger partial charge in [-0.05, 0) is 23.8 Å². The van der Waals surface area contributed by atoms with Crippen LogP contribution in [0, 0.1) is 0 Å². The fourth-order valence-electron chi connectivity index (χ4n) is 2.62. The normalized spacial score (nSPS) is 11.8. The molecule has 3 rings (SSSR count). The van der Waals surface area contributed by atoms with E-state index in [0.29, 0.717) is 5.75 Å². The minimum atomic E-state index is -1.08. The summed E-state index contributed by atoms with van der Waals surface area (Å²) in [6, 6.07) is 15.5. The Morgan fingerprint density at radius 2 is 1.80 bits per heavy atom. The summed E-state index contributed by atoms with van der Waals surface area (Å²) in [4.78, 5) is 26.6. The molecule has 0 bridgehead atoms. The number of aromatic amines is 1. The summed E-state index contributed by atoms with van der Waals surface area (Å²) in [6.07, 6.45) is 1.96. The third-order valence-electron chi connectivity index (χ3n) is 3.85. The molecule has 2 aromatic carbocycles. The van der Waals surface area contributed by atoms with Crippen LogP contribution in [0.15, 0.2) is 60.8 Å². The highest BCUT2D eigenvalue weighted by molar-refractivity contribution is 5.87. The molecule has 0 aliphatic rings. The second kappa shape index (κ2) is 7.53. The van der Waals surface area contributed by atoms with Crippen LogP contribution in [0.5, 0.6) is 5.75 Å². The zero-order chi connectivity index (χ0) is 17.6. The Balaban J connectivity index is 1.63. The number of rotatable bonds is 7. The van der Waals surface area contributed by atoms with E-state index in [1.807, 2.05) is 30.3 Å². The van der Waals surface area contributed by atoms with Gasteiger partial charge in [0.25, 0.3) is 5.91 Å². The van der Waals surface area contributed by atoms with Gasteiger partial charge in [-0.25, -0.2) is 4.79 Å². The van der Waals surface area contributed by atoms with E-state index in [4.69, 9.17) is 4.74 Å². The van der Waals surface area contributed by atoms with Crippen molar-refractivity contribution < 1.29 is 19.4 Å². The van der Waals surface area contributed by atoms with Crippen molar-refractivity contribution in [1.82, 2.24) is 10.3 Å². The molecule has 0 radical (unpaired) electrons. The summed E-state index contributed by atoms with van der Waals surface area (Å²) in [5.41, 5.74) is 1.77. The topological polar surface area (TPSA) is 91.4 Å². The number of carboxylic acids is 1. The van der Waals surface area contributed by atoms with E-state index >= 15 is 0 Å². The van der Waals surface area contributed by atoms with Crippen molar-refractivity contribution in [3.05, 3.63) is 66.4 Å². The first-order chi connectivity index (χ1) is 12.1. The van der Waals surface area contributed by atoms with Gasteiger partial charge in [-0.3, -0.25) is 4.79 Å². The van der Waals surface area contributed by atoms with Crippen LogP contribution in [-0.2, 0) is 16.0 Å². The molecule has 0 fully saturated rings. The van der Waals surface area contributed by atoms with Crippen molar-refractivity contribution in [2.45, 2.75) is 12.5 Å². The fourth-order valence-corrected chi connectivity index (χ4v) is 2.62. The lowest BCUT2D eigenvalue weighted by Crippen LogP contribution is -2.44. The van der Waals surface area contributed by atoms with Crippen molar-refractivity contribution in [1.29, 1.82) is 0 Å².